The summed E-state index contributed by atoms with van der Waals surface area (Å²) in [4.78, 5) is 14.5. The second kappa shape index (κ2) is 4.86. The van der Waals surface area contributed by atoms with E-state index in [-0.39, 0.29) is 5.75 Å². The van der Waals surface area contributed by atoms with Crippen molar-refractivity contribution in [2.45, 2.75) is 0 Å². The van der Waals surface area contributed by atoms with Gasteiger partial charge in [-0.3, -0.25) is 0 Å². The van der Waals surface area contributed by atoms with E-state index >= 15 is 0 Å². The molecule has 0 bridgehead atoms. The summed E-state index contributed by atoms with van der Waals surface area (Å²) in [5, 5.41) is 20.7. The summed E-state index contributed by atoms with van der Waals surface area (Å²) in [6.07, 6.45) is 1.32. The first-order valence-corrected chi connectivity index (χ1v) is 3.84. The fourth-order valence-electron chi connectivity index (χ4n) is 0.796. The quantitative estimate of drug-likeness (QED) is 0.550. The maximum Gasteiger partial charge on any atom is 0.344 e. The lowest BCUT2D eigenvalue weighted by atomic mass is 10.2. The fraction of sp³-hybridized carbons (Fsp3) is 0.111. The second-order valence-electron chi connectivity index (χ2n) is 2.50. The Kier molecular flexibility index (Phi) is 3.49. The third-order valence-corrected chi connectivity index (χ3v) is 1.33. The third kappa shape index (κ3) is 3.57. The van der Waals surface area contributed by atoms with Gasteiger partial charge in [-0.2, -0.15) is 0 Å². The molecule has 0 atom stereocenters. The molecule has 0 aliphatic heterocycles. The summed E-state index contributed by atoms with van der Waals surface area (Å²) in [5.41, 5.74) is 0.635. The summed E-state index contributed by atoms with van der Waals surface area (Å²) < 4.78 is 0. The van der Waals surface area contributed by atoms with E-state index < -0.39 is 12.6 Å². The third-order valence-electron chi connectivity index (χ3n) is 1.33. The number of nitrogens with zero attached hydrogens (tertiary/aromatic N) is 1. The van der Waals surface area contributed by atoms with Crippen LogP contribution in [0.1, 0.15) is 5.56 Å². The van der Waals surface area contributed by atoms with Gasteiger partial charge in [0.1, 0.15) is 5.75 Å². The number of hydrogen-bond donors (Lipinski definition) is 2. The van der Waals surface area contributed by atoms with Crippen LogP contribution in [-0.2, 0) is 9.63 Å². The van der Waals surface area contributed by atoms with Gasteiger partial charge in [0.15, 0.2) is 0 Å². The summed E-state index contributed by atoms with van der Waals surface area (Å²) in [7, 11) is 0. The number of phenolic OH excluding ortho intramolecular Hbond substituents is 1. The summed E-state index contributed by atoms with van der Waals surface area (Å²) in [6.45, 7) is -0.477. The van der Waals surface area contributed by atoms with E-state index in [0.717, 1.165) is 0 Å². The Labute approximate surface area is 80.2 Å². The topological polar surface area (TPSA) is 79.1 Å². The number of aliphatic carboxylic acids is 1. The standard InChI is InChI=1S/C9H9NO4/c11-8-3-1-2-7(4-8)5-10-14-6-9(12)13/h1-5,11H,6H2,(H,12,13). The van der Waals surface area contributed by atoms with Gasteiger partial charge >= 0.3 is 5.97 Å². The summed E-state index contributed by atoms with van der Waals surface area (Å²) in [5.74, 6) is -0.967. The van der Waals surface area contributed by atoms with Gasteiger partial charge in [0.25, 0.3) is 0 Å². The molecule has 0 fully saturated rings. The zero-order chi connectivity index (χ0) is 10.4. The lowest BCUT2D eigenvalue weighted by Gasteiger charge is -1.94. The molecule has 74 valence electrons. The molecule has 0 unspecified atom stereocenters. The predicted molar refractivity (Wildman–Crippen MR) is 49.3 cm³/mol. The molecule has 0 saturated carbocycles. The summed E-state index contributed by atoms with van der Waals surface area (Å²) >= 11 is 0. The minimum atomic E-state index is -1.09. The van der Waals surface area contributed by atoms with Crippen LogP contribution in [0, 0.1) is 0 Å². The molecule has 0 heterocycles. The minimum Gasteiger partial charge on any atom is -0.508 e. The van der Waals surface area contributed by atoms with E-state index in [4.69, 9.17) is 10.2 Å². The molecule has 0 aliphatic carbocycles. The molecule has 0 amide bonds. The molecule has 14 heavy (non-hydrogen) atoms. The Morgan fingerprint density at radius 1 is 1.57 bits per heavy atom. The number of carboxylic acids is 1. The molecule has 5 heteroatoms. The highest BCUT2D eigenvalue weighted by molar-refractivity contribution is 5.79. The van der Waals surface area contributed by atoms with Gasteiger partial charge in [0, 0.05) is 0 Å². The summed E-state index contributed by atoms with van der Waals surface area (Å²) in [6, 6.07) is 6.35. The van der Waals surface area contributed by atoms with Crippen LogP contribution in [0.5, 0.6) is 5.75 Å². The average Bonchev–Trinajstić information content (AvgIpc) is 2.12. The monoisotopic (exact) mass is 195 g/mol. The van der Waals surface area contributed by atoms with Crippen molar-refractivity contribution < 1.29 is 19.8 Å². The Hall–Kier alpha value is -2.04. The molecule has 1 aromatic rings. The van der Waals surface area contributed by atoms with E-state index in [1.165, 1.54) is 18.3 Å². The average molecular weight is 195 g/mol. The highest BCUT2D eigenvalue weighted by atomic mass is 16.6. The molecule has 5 nitrogen and oxygen atoms in total. The maximum atomic E-state index is 10.0. The number of hydrogen-bond acceptors (Lipinski definition) is 4. The number of oxime groups is 1. The van der Waals surface area contributed by atoms with E-state index in [1.54, 1.807) is 12.1 Å². The molecule has 0 saturated heterocycles. The lowest BCUT2D eigenvalue weighted by molar-refractivity contribution is -0.142. The number of aromatic hydroxyl groups is 1. The van der Waals surface area contributed by atoms with E-state index in [0.29, 0.717) is 5.56 Å². The zero-order valence-electron chi connectivity index (χ0n) is 7.25. The Balaban J connectivity index is 2.47. The van der Waals surface area contributed by atoms with Crippen molar-refractivity contribution in [3.63, 3.8) is 0 Å². The van der Waals surface area contributed by atoms with Gasteiger partial charge in [-0.1, -0.05) is 17.3 Å². The van der Waals surface area contributed by atoms with Crippen LogP contribution < -0.4 is 0 Å². The molecule has 2 N–H and O–H groups in total. The van der Waals surface area contributed by atoms with E-state index in [2.05, 4.69) is 9.99 Å². The van der Waals surface area contributed by atoms with Gasteiger partial charge in [0.05, 0.1) is 6.21 Å². The highest BCUT2D eigenvalue weighted by Crippen LogP contribution is 2.08. The zero-order valence-corrected chi connectivity index (χ0v) is 7.25. The predicted octanol–water partition coefficient (Wildman–Crippen LogP) is 0.827. The van der Waals surface area contributed by atoms with Crippen LogP contribution in [-0.4, -0.2) is 29.0 Å². The first-order chi connectivity index (χ1) is 6.68. The molecule has 1 rings (SSSR count). The van der Waals surface area contributed by atoms with Crippen molar-refractivity contribution in [1.82, 2.24) is 0 Å². The van der Waals surface area contributed by atoms with Crippen LogP contribution in [0.3, 0.4) is 0 Å². The van der Waals surface area contributed by atoms with Crippen molar-refractivity contribution in [3.8, 4) is 5.75 Å². The maximum absolute atomic E-state index is 10.0. The number of carbonyl (C=O) groups is 1. The SMILES string of the molecule is O=C(O)CON=Cc1cccc(O)c1. The number of rotatable bonds is 4. The van der Waals surface area contributed by atoms with Crippen LogP contribution in [0.4, 0.5) is 0 Å². The molecule has 1 aromatic carbocycles. The number of phenols is 1. The van der Waals surface area contributed by atoms with Crippen molar-refractivity contribution in [2.24, 2.45) is 5.16 Å². The van der Waals surface area contributed by atoms with Gasteiger partial charge in [0.2, 0.25) is 6.61 Å². The first-order valence-electron chi connectivity index (χ1n) is 3.84. The van der Waals surface area contributed by atoms with Crippen LogP contribution in [0.2, 0.25) is 0 Å². The molecule has 0 spiro atoms. The van der Waals surface area contributed by atoms with Crippen molar-refractivity contribution in [1.29, 1.82) is 0 Å². The molecule has 0 aliphatic rings. The van der Waals surface area contributed by atoms with Gasteiger partial charge in [-0.25, -0.2) is 4.79 Å². The Morgan fingerprint density at radius 2 is 2.36 bits per heavy atom. The lowest BCUT2D eigenvalue weighted by Crippen LogP contribution is -2.03. The van der Waals surface area contributed by atoms with Crippen LogP contribution in [0.15, 0.2) is 29.4 Å². The highest BCUT2D eigenvalue weighted by Gasteiger charge is 1.94. The van der Waals surface area contributed by atoms with Crippen molar-refractivity contribution >= 4 is 12.2 Å². The largest absolute Gasteiger partial charge is 0.508 e. The van der Waals surface area contributed by atoms with Crippen LogP contribution in [0.25, 0.3) is 0 Å². The fourth-order valence-corrected chi connectivity index (χ4v) is 0.796. The minimum absolute atomic E-state index is 0.118. The normalized spacial score (nSPS) is 10.3. The molecular weight excluding hydrogens is 186 g/mol. The molecule has 0 aromatic heterocycles. The van der Waals surface area contributed by atoms with E-state index in [1.807, 2.05) is 0 Å². The molecule has 0 radical (unpaired) electrons. The van der Waals surface area contributed by atoms with Crippen LogP contribution >= 0.6 is 0 Å². The van der Waals surface area contributed by atoms with Gasteiger partial charge < -0.3 is 15.1 Å². The Morgan fingerprint density at radius 3 is 3.00 bits per heavy atom. The van der Waals surface area contributed by atoms with Gasteiger partial charge in [-0.15, -0.1) is 0 Å². The first kappa shape index (κ1) is 10.0. The van der Waals surface area contributed by atoms with Gasteiger partial charge in [-0.05, 0) is 17.7 Å². The van der Waals surface area contributed by atoms with Crippen molar-refractivity contribution in [2.75, 3.05) is 6.61 Å². The smallest absolute Gasteiger partial charge is 0.344 e. The number of carboxylic acid groups (broad SMARTS) is 1. The number of benzene rings is 1. The molecular formula is C9H9NO4. The Bertz CT molecular complexity index is 348. The van der Waals surface area contributed by atoms with Crippen molar-refractivity contribution in [3.05, 3.63) is 29.8 Å². The van der Waals surface area contributed by atoms with E-state index in [9.17, 15) is 4.79 Å². The second-order valence-corrected chi connectivity index (χ2v) is 2.50.